The average Bonchev–Trinajstić information content (AvgIpc) is 3.37. The summed E-state index contributed by atoms with van der Waals surface area (Å²) in [4.78, 5) is 21.8. The molecular formula is C29H23F4N5O. The summed E-state index contributed by atoms with van der Waals surface area (Å²) >= 11 is 0. The minimum absolute atomic E-state index is 0.0228. The number of nitrogens with zero attached hydrogens (tertiary/aromatic N) is 5. The van der Waals surface area contributed by atoms with E-state index >= 15 is 0 Å². The number of hydrogen-bond donors (Lipinski definition) is 0. The van der Waals surface area contributed by atoms with Crippen LogP contribution >= 0.6 is 0 Å². The summed E-state index contributed by atoms with van der Waals surface area (Å²) < 4.78 is 56.3. The molecule has 0 spiro atoms. The molecule has 0 radical (unpaired) electrons. The fourth-order valence-electron chi connectivity index (χ4n) is 5.03. The Morgan fingerprint density at radius 2 is 1.62 bits per heavy atom. The first-order valence-corrected chi connectivity index (χ1v) is 12.5. The molecule has 0 N–H and O–H groups in total. The molecule has 0 unspecified atom stereocenters. The van der Waals surface area contributed by atoms with Gasteiger partial charge in [0, 0.05) is 38.3 Å². The summed E-state index contributed by atoms with van der Waals surface area (Å²) in [6, 6.07) is 20.0. The largest absolute Gasteiger partial charge is 0.433 e. The van der Waals surface area contributed by atoms with Crippen molar-refractivity contribution < 1.29 is 22.4 Å². The maximum Gasteiger partial charge on any atom is 0.433 e. The standard InChI is InChI=1S/C29H23F4N5O/c30-21-10-8-19(9-11-21)18-36-12-14-37(15-13-36)28(39)24-17-34-38-26(29(31,32)33)16-25(35-27(24)38)23-7-3-5-20-4-1-2-6-22(20)23/h1-11,16-17H,12-15,18H2. The normalized spacial score (nSPS) is 14.8. The summed E-state index contributed by atoms with van der Waals surface area (Å²) in [6.07, 6.45) is -3.55. The van der Waals surface area contributed by atoms with Gasteiger partial charge in [0.05, 0.1) is 11.9 Å². The first kappa shape index (κ1) is 25.0. The highest BCUT2D eigenvalue weighted by Gasteiger charge is 2.36. The molecule has 2 aromatic heterocycles. The third-order valence-electron chi connectivity index (χ3n) is 7.04. The smallest absolute Gasteiger partial charge is 0.336 e. The van der Waals surface area contributed by atoms with Crippen molar-refractivity contribution in [2.75, 3.05) is 26.2 Å². The first-order valence-electron chi connectivity index (χ1n) is 12.5. The van der Waals surface area contributed by atoms with Gasteiger partial charge in [-0.3, -0.25) is 9.69 Å². The van der Waals surface area contributed by atoms with Gasteiger partial charge in [0.15, 0.2) is 11.3 Å². The van der Waals surface area contributed by atoms with Gasteiger partial charge in [0.1, 0.15) is 11.4 Å². The lowest BCUT2D eigenvalue weighted by Crippen LogP contribution is -2.48. The SMILES string of the molecule is O=C(c1cnn2c(C(F)(F)F)cc(-c3cccc4ccccc34)nc12)N1CCN(Cc2ccc(F)cc2)CC1. The van der Waals surface area contributed by atoms with Crippen LogP contribution in [0, 0.1) is 5.82 Å². The van der Waals surface area contributed by atoms with Crippen molar-refractivity contribution in [3.63, 3.8) is 0 Å². The molecule has 0 aliphatic carbocycles. The number of carbonyl (C=O) groups excluding carboxylic acids is 1. The van der Waals surface area contributed by atoms with Crippen molar-refractivity contribution in [2.24, 2.45) is 0 Å². The van der Waals surface area contributed by atoms with Crippen molar-refractivity contribution in [1.82, 2.24) is 24.4 Å². The van der Waals surface area contributed by atoms with Gasteiger partial charge in [0.25, 0.3) is 5.91 Å². The van der Waals surface area contributed by atoms with Crippen LogP contribution in [0.2, 0.25) is 0 Å². The van der Waals surface area contributed by atoms with E-state index < -0.39 is 17.8 Å². The van der Waals surface area contributed by atoms with Crippen LogP contribution in [0.25, 0.3) is 27.7 Å². The lowest BCUT2D eigenvalue weighted by atomic mass is 10.0. The number of aromatic nitrogens is 3. The van der Waals surface area contributed by atoms with Gasteiger partial charge in [-0.1, -0.05) is 54.6 Å². The molecule has 39 heavy (non-hydrogen) atoms. The van der Waals surface area contributed by atoms with Crippen molar-refractivity contribution in [2.45, 2.75) is 12.7 Å². The molecule has 0 atom stereocenters. The molecule has 1 saturated heterocycles. The summed E-state index contributed by atoms with van der Waals surface area (Å²) in [5.74, 6) is -0.712. The maximum absolute atomic E-state index is 14.1. The van der Waals surface area contributed by atoms with Crippen LogP contribution in [-0.4, -0.2) is 56.5 Å². The number of rotatable bonds is 4. The molecule has 3 heterocycles. The Kier molecular flexibility index (Phi) is 6.26. The molecular weight excluding hydrogens is 510 g/mol. The second kappa shape index (κ2) is 9.77. The van der Waals surface area contributed by atoms with Crippen LogP contribution in [0.15, 0.2) is 79.0 Å². The Morgan fingerprint density at radius 1 is 0.897 bits per heavy atom. The predicted octanol–water partition coefficient (Wildman–Crippen LogP) is 5.67. The van der Waals surface area contributed by atoms with Crippen LogP contribution < -0.4 is 0 Å². The number of amides is 1. The van der Waals surface area contributed by atoms with Gasteiger partial charge in [-0.05, 0) is 34.5 Å². The maximum atomic E-state index is 14.1. The topological polar surface area (TPSA) is 53.7 Å². The molecule has 0 saturated carbocycles. The molecule has 1 aliphatic rings. The van der Waals surface area contributed by atoms with E-state index in [0.29, 0.717) is 42.8 Å². The summed E-state index contributed by atoms with van der Waals surface area (Å²) in [5.41, 5.74) is 0.503. The zero-order valence-corrected chi connectivity index (χ0v) is 20.7. The zero-order valence-electron chi connectivity index (χ0n) is 20.7. The molecule has 6 nitrogen and oxygen atoms in total. The molecule has 1 amide bonds. The van der Waals surface area contributed by atoms with E-state index in [-0.39, 0.29) is 22.7 Å². The van der Waals surface area contributed by atoms with Crippen molar-refractivity contribution in [3.8, 4) is 11.3 Å². The summed E-state index contributed by atoms with van der Waals surface area (Å²) in [7, 11) is 0. The van der Waals surface area contributed by atoms with Crippen LogP contribution in [-0.2, 0) is 12.7 Å². The number of hydrogen-bond acceptors (Lipinski definition) is 4. The van der Waals surface area contributed by atoms with Crippen molar-refractivity contribution >= 4 is 22.3 Å². The van der Waals surface area contributed by atoms with E-state index in [4.69, 9.17) is 0 Å². The first-order chi connectivity index (χ1) is 18.8. The quantitative estimate of drug-likeness (QED) is 0.280. The van der Waals surface area contributed by atoms with E-state index in [9.17, 15) is 22.4 Å². The predicted molar refractivity (Wildman–Crippen MR) is 139 cm³/mol. The van der Waals surface area contributed by atoms with Gasteiger partial charge in [-0.2, -0.15) is 18.3 Å². The molecule has 1 aliphatic heterocycles. The molecule has 1 fully saturated rings. The Balaban J connectivity index is 1.32. The average molecular weight is 534 g/mol. The van der Waals surface area contributed by atoms with Crippen LogP contribution in [0.5, 0.6) is 0 Å². The van der Waals surface area contributed by atoms with Crippen LogP contribution in [0.1, 0.15) is 21.6 Å². The molecule has 198 valence electrons. The second-order valence-corrected chi connectivity index (χ2v) is 9.54. The Labute approximate surface area is 221 Å². The number of alkyl halides is 3. The highest BCUT2D eigenvalue weighted by atomic mass is 19.4. The van der Waals surface area contributed by atoms with E-state index in [1.165, 1.54) is 12.1 Å². The zero-order chi connectivity index (χ0) is 27.1. The van der Waals surface area contributed by atoms with E-state index in [0.717, 1.165) is 28.6 Å². The third kappa shape index (κ3) is 4.83. The minimum atomic E-state index is -4.71. The lowest BCUT2D eigenvalue weighted by molar-refractivity contribution is -0.142. The molecule has 10 heteroatoms. The van der Waals surface area contributed by atoms with E-state index in [1.807, 2.05) is 30.3 Å². The van der Waals surface area contributed by atoms with E-state index in [1.54, 1.807) is 29.2 Å². The number of benzene rings is 3. The fraction of sp³-hybridized carbons (Fsp3) is 0.207. The molecule has 3 aromatic carbocycles. The van der Waals surface area contributed by atoms with Crippen molar-refractivity contribution in [3.05, 3.63) is 102 Å². The fourth-order valence-corrected chi connectivity index (χ4v) is 5.03. The lowest BCUT2D eigenvalue weighted by Gasteiger charge is -2.34. The number of carbonyl (C=O) groups is 1. The Hall–Kier alpha value is -4.31. The van der Waals surface area contributed by atoms with E-state index in [2.05, 4.69) is 15.0 Å². The minimum Gasteiger partial charge on any atom is -0.336 e. The number of fused-ring (bicyclic) bond motifs is 2. The van der Waals surface area contributed by atoms with Crippen LogP contribution in [0.3, 0.4) is 0 Å². The Morgan fingerprint density at radius 3 is 2.36 bits per heavy atom. The van der Waals surface area contributed by atoms with Gasteiger partial charge in [-0.15, -0.1) is 0 Å². The Bertz CT molecular complexity index is 1670. The van der Waals surface area contributed by atoms with Crippen molar-refractivity contribution in [1.29, 1.82) is 0 Å². The number of halogens is 4. The van der Waals surface area contributed by atoms with Gasteiger partial charge < -0.3 is 4.90 Å². The molecule has 5 aromatic rings. The molecule has 0 bridgehead atoms. The summed E-state index contributed by atoms with van der Waals surface area (Å²) in [6.45, 7) is 2.55. The van der Waals surface area contributed by atoms with Crippen LogP contribution in [0.4, 0.5) is 17.6 Å². The highest BCUT2D eigenvalue weighted by Crippen LogP contribution is 2.35. The number of piperazine rings is 1. The highest BCUT2D eigenvalue weighted by molar-refractivity contribution is 6.01. The second-order valence-electron chi connectivity index (χ2n) is 9.54. The summed E-state index contributed by atoms with van der Waals surface area (Å²) in [5, 5.41) is 5.55. The van der Waals surface area contributed by atoms with Gasteiger partial charge in [0.2, 0.25) is 0 Å². The van der Waals surface area contributed by atoms with Gasteiger partial charge in [-0.25, -0.2) is 13.9 Å². The third-order valence-corrected chi connectivity index (χ3v) is 7.04. The molecule has 6 rings (SSSR count). The van der Waals surface area contributed by atoms with Gasteiger partial charge >= 0.3 is 6.18 Å². The monoisotopic (exact) mass is 533 g/mol.